The Morgan fingerprint density at radius 2 is 1.55 bits per heavy atom. The largest absolute Gasteiger partial charge is 0.458 e. The number of carbonyl (C=O) groups excluding carboxylic acids is 1. The van der Waals surface area contributed by atoms with Crippen LogP contribution in [0.1, 0.15) is 74.7 Å². The van der Waals surface area contributed by atoms with Gasteiger partial charge in [-0.15, -0.1) is 0 Å². The summed E-state index contributed by atoms with van der Waals surface area (Å²) >= 11 is 0. The van der Waals surface area contributed by atoms with E-state index in [0.29, 0.717) is 0 Å². The SMILES string of the molecule is CC(ON1C(C)(C)CCCC1(C)C)C(=O)OC(C)(C)C. The molecule has 4 nitrogen and oxygen atoms in total. The van der Waals surface area contributed by atoms with Crippen LogP contribution in [-0.4, -0.2) is 33.8 Å². The average molecular weight is 285 g/mol. The second-order valence-electron chi connectivity index (χ2n) is 8.05. The Hall–Kier alpha value is -0.610. The summed E-state index contributed by atoms with van der Waals surface area (Å²) in [5.41, 5.74) is -0.627. The molecule has 118 valence electrons. The molecule has 0 bridgehead atoms. The molecule has 1 heterocycles. The summed E-state index contributed by atoms with van der Waals surface area (Å²) in [4.78, 5) is 18.1. The summed E-state index contributed by atoms with van der Waals surface area (Å²) in [6, 6.07) is 0. The third-order valence-electron chi connectivity index (χ3n) is 3.68. The Balaban J connectivity index is 2.76. The molecular weight excluding hydrogens is 254 g/mol. The van der Waals surface area contributed by atoms with Crippen LogP contribution in [0.2, 0.25) is 0 Å². The van der Waals surface area contributed by atoms with Crippen molar-refractivity contribution in [2.75, 3.05) is 0 Å². The van der Waals surface area contributed by atoms with Crippen molar-refractivity contribution in [1.29, 1.82) is 0 Å². The monoisotopic (exact) mass is 285 g/mol. The van der Waals surface area contributed by atoms with Crippen molar-refractivity contribution in [3.63, 3.8) is 0 Å². The molecule has 0 amide bonds. The third-order valence-corrected chi connectivity index (χ3v) is 3.68. The van der Waals surface area contributed by atoms with Crippen molar-refractivity contribution in [2.45, 2.75) is 97.4 Å². The molecule has 1 fully saturated rings. The van der Waals surface area contributed by atoms with Gasteiger partial charge in [0.05, 0.1) is 0 Å². The van der Waals surface area contributed by atoms with Gasteiger partial charge in [-0.1, -0.05) is 0 Å². The van der Waals surface area contributed by atoms with E-state index in [4.69, 9.17) is 9.57 Å². The zero-order valence-corrected chi connectivity index (χ0v) is 14.4. The van der Waals surface area contributed by atoms with Crippen LogP contribution in [0.4, 0.5) is 0 Å². The molecule has 0 spiro atoms. The first-order valence-corrected chi connectivity index (χ1v) is 7.55. The first-order valence-electron chi connectivity index (χ1n) is 7.55. The van der Waals surface area contributed by atoms with Gasteiger partial charge in [0, 0.05) is 11.1 Å². The summed E-state index contributed by atoms with van der Waals surface area (Å²) in [5.74, 6) is -0.310. The fraction of sp³-hybridized carbons (Fsp3) is 0.938. The molecule has 0 aliphatic carbocycles. The summed E-state index contributed by atoms with van der Waals surface area (Å²) in [6.07, 6.45) is 2.72. The van der Waals surface area contributed by atoms with Crippen molar-refractivity contribution in [3.05, 3.63) is 0 Å². The molecule has 4 heteroatoms. The van der Waals surface area contributed by atoms with Crippen molar-refractivity contribution >= 4 is 5.97 Å². The van der Waals surface area contributed by atoms with Crippen molar-refractivity contribution < 1.29 is 14.4 Å². The highest BCUT2D eigenvalue weighted by Gasteiger charge is 2.44. The van der Waals surface area contributed by atoms with Crippen molar-refractivity contribution in [2.24, 2.45) is 0 Å². The topological polar surface area (TPSA) is 38.8 Å². The van der Waals surface area contributed by atoms with Crippen LogP contribution in [0.3, 0.4) is 0 Å². The highest BCUT2D eigenvalue weighted by molar-refractivity contribution is 5.74. The number of hydroxylamine groups is 2. The number of esters is 1. The Morgan fingerprint density at radius 1 is 1.10 bits per heavy atom. The molecule has 0 radical (unpaired) electrons. The number of hydrogen-bond donors (Lipinski definition) is 0. The van der Waals surface area contributed by atoms with Gasteiger partial charge >= 0.3 is 5.97 Å². The van der Waals surface area contributed by atoms with E-state index in [9.17, 15) is 4.79 Å². The van der Waals surface area contributed by atoms with Gasteiger partial charge in [0.2, 0.25) is 0 Å². The molecule has 0 aromatic heterocycles. The van der Waals surface area contributed by atoms with Crippen molar-refractivity contribution in [3.8, 4) is 0 Å². The second kappa shape index (κ2) is 5.64. The number of piperidine rings is 1. The van der Waals surface area contributed by atoms with Gasteiger partial charge in [0.15, 0.2) is 6.10 Å². The average Bonchev–Trinajstić information content (AvgIpc) is 2.20. The van der Waals surface area contributed by atoms with Crippen LogP contribution >= 0.6 is 0 Å². The lowest BCUT2D eigenvalue weighted by molar-refractivity contribution is -0.301. The third kappa shape index (κ3) is 4.45. The fourth-order valence-corrected chi connectivity index (χ4v) is 2.85. The zero-order valence-electron chi connectivity index (χ0n) is 14.4. The molecule has 0 saturated carbocycles. The molecule has 1 saturated heterocycles. The lowest BCUT2D eigenvalue weighted by Crippen LogP contribution is -2.59. The molecule has 1 rings (SSSR count). The first kappa shape index (κ1) is 17.4. The quantitative estimate of drug-likeness (QED) is 0.741. The van der Waals surface area contributed by atoms with Gasteiger partial charge < -0.3 is 4.74 Å². The zero-order chi connectivity index (χ0) is 15.8. The first-order chi connectivity index (χ1) is 8.85. The van der Waals surface area contributed by atoms with E-state index in [2.05, 4.69) is 27.7 Å². The molecule has 0 N–H and O–H groups in total. The predicted octanol–water partition coefficient (Wildman–Crippen LogP) is 3.69. The lowest BCUT2D eigenvalue weighted by Gasteiger charge is -2.51. The second-order valence-corrected chi connectivity index (χ2v) is 8.05. The molecule has 1 aliphatic heterocycles. The van der Waals surface area contributed by atoms with E-state index in [1.54, 1.807) is 6.92 Å². The standard InChI is InChI=1S/C16H31NO3/c1-12(13(18)19-14(2,3)4)20-17-15(5,6)10-9-11-16(17,7)8/h12H,9-11H2,1-8H3. The molecule has 1 atom stereocenters. The minimum absolute atomic E-state index is 0.0714. The fourth-order valence-electron chi connectivity index (χ4n) is 2.85. The van der Waals surface area contributed by atoms with Gasteiger partial charge in [0.1, 0.15) is 5.60 Å². The summed E-state index contributed by atoms with van der Waals surface area (Å²) in [7, 11) is 0. The van der Waals surface area contributed by atoms with E-state index in [0.717, 1.165) is 12.8 Å². The van der Waals surface area contributed by atoms with Crippen LogP contribution in [-0.2, 0) is 14.4 Å². The molecule has 1 aliphatic rings. The van der Waals surface area contributed by atoms with Gasteiger partial charge in [-0.3, -0.25) is 4.84 Å². The number of carbonyl (C=O) groups is 1. The van der Waals surface area contributed by atoms with E-state index in [1.807, 2.05) is 25.8 Å². The van der Waals surface area contributed by atoms with Crippen LogP contribution in [0.25, 0.3) is 0 Å². The van der Waals surface area contributed by atoms with E-state index in [1.165, 1.54) is 6.42 Å². The molecule has 0 aromatic carbocycles. The Morgan fingerprint density at radius 3 is 1.95 bits per heavy atom. The Kier molecular flexibility index (Phi) is 4.92. The number of ether oxygens (including phenoxy) is 1. The van der Waals surface area contributed by atoms with E-state index < -0.39 is 11.7 Å². The van der Waals surface area contributed by atoms with Crippen molar-refractivity contribution in [1.82, 2.24) is 5.06 Å². The summed E-state index contributed by atoms with van der Waals surface area (Å²) < 4.78 is 5.39. The maximum absolute atomic E-state index is 12.1. The highest BCUT2D eigenvalue weighted by Crippen LogP contribution is 2.38. The minimum atomic E-state index is -0.592. The van der Waals surface area contributed by atoms with Crippen LogP contribution in [0.5, 0.6) is 0 Å². The van der Waals surface area contributed by atoms with Gasteiger partial charge in [-0.2, -0.15) is 5.06 Å². The van der Waals surface area contributed by atoms with E-state index in [-0.39, 0.29) is 17.0 Å². The smallest absolute Gasteiger partial charge is 0.337 e. The predicted molar refractivity (Wildman–Crippen MR) is 80.2 cm³/mol. The van der Waals surface area contributed by atoms with Crippen LogP contribution in [0, 0.1) is 0 Å². The molecular formula is C16H31NO3. The molecule has 20 heavy (non-hydrogen) atoms. The Bertz CT molecular complexity index is 339. The lowest BCUT2D eigenvalue weighted by atomic mass is 9.82. The normalized spacial score (nSPS) is 24.2. The van der Waals surface area contributed by atoms with Crippen LogP contribution in [0.15, 0.2) is 0 Å². The number of rotatable bonds is 3. The summed E-state index contributed by atoms with van der Waals surface area (Å²) in [6.45, 7) is 16.0. The van der Waals surface area contributed by atoms with Crippen LogP contribution < -0.4 is 0 Å². The van der Waals surface area contributed by atoms with Gasteiger partial charge in [-0.05, 0) is 74.7 Å². The summed E-state index contributed by atoms with van der Waals surface area (Å²) in [5, 5.41) is 2.00. The Labute approximate surface area is 123 Å². The number of nitrogens with zero attached hydrogens (tertiary/aromatic N) is 1. The van der Waals surface area contributed by atoms with Gasteiger partial charge in [-0.25, -0.2) is 4.79 Å². The van der Waals surface area contributed by atoms with Gasteiger partial charge in [0.25, 0.3) is 0 Å². The maximum Gasteiger partial charge on any atom is 0.337 e. The maximum atomic E-state index is 12.1. The molecule has 1 unspecified atom stereocenters. The number of hydrogen-bond acceptors (Lipinski definition) is 4. The molecule has 0 aromatic rings. The van der Waals surface area contributed by atoms with E-state index >= 15 is 0 Å². The highest BCUT2D eigenvalue weighted by atomic mass is 16.7. The minimum Gasteiger partial charge on any atom is -0.458 e.